The Morgan fingerprint density at radius 2 is 2.28 bits per heavy atom. The average Bonchev–Trinajstić information content (AvgIpc) is 2.96. The lowest BCUT2D eigenvalue weighted by atomic mass is 10.2. The number of nitrogens with zero attached hydrogens (tertiary/aromatic N) is 6. The molecule has 0 N–H and O–H groups in total. The summed E-state index contributed by atoms with van der Waals surface area (Å²) >= 11 is 0. The summed E-state index contributed by atoms with van der Waals surface area (Å²) in [6.07, 6.45) is 2.11. The van der Waals surface area contributed by atoms with Gasteiger partial charge in [-0.15, -0.1) is 5.10 Å². The molecule has 0 saturated carbocycles. The second-order valence-corrected chi connectivity index (χ2v) is 3.69. The first-order valence-corrected chi connectivity index (χ1v) is 5.50. The van der Waals surface area contributed by atoms with Crippen LogP contribution in [0.4, 0.5) is 0 Å². The van der Waals surface area contributed by atoms with E-state index in [1.165, 1.54) is 13.4 Å². The fraction of sp³-hybridized carbons (Fsp3) is 0.500. The third kappa shape index (κ3) is 2.08. The van der Waals surface area contributed by atoms with Crippen molar-refractivity contribution in [1.29, 1.82) is 0 Å². The number of carbonyl (C=O) groups excluding carboxylic acids is 1. The van der Waals surface area contributed by atoms with E-state index in [0.29, 0.717) is 13.0 Å². The van der Waals surface area contributed by atoms with E-state index in [-0.39, 0.29) is 5.69 Å². The standard InChI is InChI=1S/C10H14N6O2/c1-4-7-9(10(17)18-3)13-14-16(7)5-8-11-6-12-15(8)2/h6H,4-5H2,1-3H3. The molecular formula is C10H14N6O2. The molecule has 0 aromatic carbocycles. The maximum atomic E-state index is 11.5. The molecule has 18 heavy (non-hydrogen) atoms. The molecule has 0 atom stereocenters. The van der Waals surface area contributed by atoms with Crippen LogP contribution in [0.5, 0.6) is 0 Å². The second kappa shape index (κ2) is 4.94. The molecule has 0 spiro atoms. The van der Waals surface area contributed by atoms with Crippen LogP contribution < -0.4 is 0 Å². The number of carbonyl (C=O) groups is 1. The number of aromatic nitrogens is 6. The van der Waals surface area contributed by atoms with Crippen LogP contribution >= 0.6 is 0 Å². The zero-order valence-corrected chi connectivity index (χ0v) is 10.5. The molecular weight excluding hydrogens is 236 g/mol. The predicted octanol–water partition coefficient (Wildman–Crippen LogP) is -0.196. The molecule has 96 valence electrons. The van der Waals surface area contributed by atoms with Crippen molar-refractivity contribution in [3.63, 3.8) is 0 Å². The first kappa shape index (κ1) is 12.2. The lowest BCUT2D eigenvalue weighted by Gasteiger charge is -2.04. The van der Waals surface area contributed by atoms with Gasteiger partial charge >= 0.3 is 5.97 Å². The van der Waals surface area contributed by atoms with Crippen molar-refractivity contribution in [3.05, 3.63) is 23.5 Å². The molecule has 0 aliphatic rings. The first-order chi connectivity index (χ1) is 8.67. The quantitative estimate of drug-likeness (QED) is 0.698. The zero-order valence-electron chi connectivity index (χ0n) is 10.5. The van der Waals surface area contributed by atoms with E-state index in [0.717, 1.165) is 11.5 Å². The third-order valence-electron chi connectivity index (χ3n) is 2.65. The number of ether oxygens (including phenoxy) is 1. The summed E-state index contributed by atoms with van der Waals surface area (Å²) in [5.41, 5.74) is 0.979. The summed E-state index contributed by atoms with van der Waals surface area (Å²) in [4.78, 5) is 15.6. The molecule has 8 heteroatoms. The predicted molar refractivity (Wildman–Crippen MR) is 60.8 cm³/mol. The Hall–Kier alpha value is -2.25. The Balaban J connectivity index is 2.32. The van der Waals surface area contributed by atoms with E-state index in [1.807, 2.05) is 6.92 Å². The van der Waals surface area contributed by atoms with Gasteiger partial charge in [0.05, 0.1) is 12.8 Å². The smallest absolute Gasteiger partial charge is 0.360 e. The highest BCUT2D eigenvalue weighted by molar-refractivity contribution is 5.88. The Kier molecular flexibility index (Phi) is 3.35. The molecule has 0 amide bonds. The van der Waals surface area contributed by atoms with Gasteiger partial charge in [0.1, 0.15) is 18.7 Å². The van der Waals surface area contributed by atoms with Gasteiger partial charge in [0.25, 0.3) is 0 Å². The molecule has 0 saturated heterocycles. The Bertz CT molecular complexity index is 558. The lowest BCUT2D eigenvalue weighted by Crippen LogP contribution is -2.12. The van der Waals surface area contributed by atoms with Gasteiger partial charge in [0.2, 0.25) is 0 Å². The third-order valence-corrected chi connectivity index (χ3v) is 2.65. The van der Waals surface area contributed by atoms with Gasteiger partial charge in [-0.3, -0.25) is 4.68 Å². The van der Waals surface area contributed by atoms with Gasteiger partial charge in [-0.25, -0.2) is 14.5 Å². The van der Waals surface area contributed by atoms with Crippen LogP contribution in [0, 0.1) is 0 Å². The summed E-state index contributed by atoms with van der Waals surface area (Å²) in [6, 6.07) is 0. The summed E-state index contributed by atoms with van der Waals surface area (Å²) in [5.74, 6) is 0.266. The molecule has 2 rings (SSSR count). The summed E-state index contributed by atoms with van der Waals surface area (Å²) < 4.78 is 7.95. The molecule has 0 radical (unpaired) electrons. The largest absolute Gasteiger partial charge is 0.464 e. The van der Waals surface area contributed by atoms with Gasteiger partial charge in [-0.2, -0.15) is 5.10 Å². The number of rotatable bonds is 4. The summed E-state index contributed by atoms with van der Waals surface area (Å²) in [5, 5.41) is 11.8. The van der Waals surface area contributed by atoms with Crippen LogP contribution in [0.25, 0.3) is 0 Å². The highest BCUT2D eigenvalue weighted by Gasteiger charge is 2.19. The molecule has 0 unspecified atom stereocenters. The number of hydrogen-bond acceptors (Lipinski definition) is 6. The number of esters is 1. The van der Waals surface area contributed by atoms with Gasteiger partial charge in [-0.05, 0) is 6.42 Å². The van der Waals surface area contributed by atoms with Gasteiger partial charge < -0.3 is 4.74 Å². The summed E-state index contributed by atoms with van der Waals surface area (Å²) in [7, 11) is 3.12. The monoisotopic (exact) mass is 250 g/mol. The van der Waals surface area contributed by atoms with E-state index in [2.05, 4.69) is 25.1 Å². The van der Waals surface area contributed by atoms with E-state index in [1.54, 1.807) is 16.4 Å². The van der Waals surface area contributed by atoms with Crippen LogP contribution in [0.2, 0.25) is 0 Å². The Morgan fingerprint density at radius 1 is 1.50 bits per heavy atom. The fourth-order valence-electron chi connectivity index (χ4n) is 1.66. The second-order valence-electron chi connectivity index (χ2n) is 3.69. The van der Waals surface area contributed by atoms with E-state index < -0.39 is 5.97 Å². The van der Waals surface area contributed by atoms with E-state index in [4.69, 9.17) is 0 Å². The minimum absolute atomic E-state index is 0.252. The van der Waals surface area contributed by atoms with Crippen molar-refractivity contribution in [2.75, 3.05) is 7.11 Å². The van der Waals surface area contributed by atoms with E-state index in [9.17, 15) is 4.79 Å². The SMILES string of the molecule is CCc1c(C(=O)OC)nnn1Cc1ncnn1C. The van der Waals surface area contributed by atoms with Crippen molar-refractivity contribution >= 4 is 5.97 Å². The molecule has 2 aromatic rings. The molecule has 0 bridgehead atoms. The normalized spacial score (nSPS) is 10.6. The van der Waals surface area contributed by atoms with Crippen LogP contribution in [-0.4, -0.2) is 42.8 Å². The van der Waals surface area contributed by atoms with Gasteiger partial charge in [0, 0.05) is 7.05 Å². The van der Waals surface area contributed by atoms with Gasteiger partial charge in [-0.1, -0.05) is 12.1 Å². The van der Waals surface area contributed by atoms with Crippen molar-refractivity contribution in [3.8, 4) is 0 Å². The number of methoxy groups -OCH3 is 1. The average molecular weight is 250 g/mol. The van der Waals surface area contributed by atoms with Crippen LogP contribution in [0.15, 0.2) is 6.33 Å². The van der Waals surface area contributed by atoms with Crippen molar-refractivity contribution < 1.29 is 9.53 Å². The van der Waals surface area contributed by atoms with Crippen molar-refractivity contribution in [1.82, 2.24) is 29.8 Å². The van der Waals surface area contributed by atoms with Crippen molar-refractivity contribution in [2.24, 2.45) is 7.05 Å². The van der Waals surface area contributed by atoms with Crippen LogP contribution in [-0.2, 0) is 24.8 Å². The number of hydrogen-bond donors (Lipinski definition) is 0. The lowest BCUT2D eigenvalue weighted by molar-refractivity contribution is 0.0592. The van der Waals surface area contributed by atoms with E-state index >= 15 is 0 Å². The zero-order chi connectivity index (χ0) is 13.1. The minimum Gasteiger partial charge on any atom is -0.464 e. The Labute approximate surface area is 104 Å². The maximum absolute atomic E-state index is 11.5. The maximum Gasteiger partial charge on any atom is 0.360 e. The topological polar surface area (TPSA) is 87.7 Å². The fourth-order valence-corrected chi connectivity index (χ4v) is 1.66. The Morgan fingerprint density at radius 3 is 2.83 bits per heavy atom. The van der Waals surface area contributed by atoms with Crippen LogP contribution in [0.1, 0.15) is 28.9 Å². The molecule has 0 fully saturated rings. The van der Waals surface area contributed by atoms with Crippen LogP contribution in [0.3, 0.4) is 0 Å². The first-order valence-electron chi connectivity index (χ1n) is 5.50. The van der Waals surface area contributed by atoms with Crippen molar-refractivity contribution in [2.45, 2.75) is 19.9 Å². The minimum atomic E-state index is -0.476. The van der Waals surface area contributed by atoms with Gasteiger partial charge in [0.15, 0.2) is 5.69 Å². The number of aryl methyl sites for hydroxylation is 1. The molecule has 8 nitrogen and oxygen atoms in total. The molecule has 0 aliphatic heterocycles. The molecule has 2 heterocycles. The molecule has 2 aromatic heterocycles. The summed E-state index contributed by atoms with van der Waals surface area (Å²) in [6.45, 7) is 2.35. The highest BCUT2D eigenvalue weighted by atomic mass is 16.5. The highest BCUT2D eigenvalue weighted by Crippen LogP contribution is 2.09. The molecule has 0 aliphatic carbocycles.